The molecule has 2 nitrogen and oxygen atoms in total. The molecule has 0 fully saturated rings. The van der Waals surface area contributed by atoms with E-state index in [1.165, 1.54) is 9.88 Å². The van der Waals surface area contributed by atoms with Crippen molar-refractivity contribution in [2.24, 2.45) is 0 Å². The van der Waals surface area contributed by atoms with Crippen LogP contribution in [-0.2, 0) is 6.42 Å². The summed E-state index contributed by atoms with van der Waals surface area (Å²) in [5, 5.41) is 5.08. The van der Waals surface area contributed by atoms with E-state index < -0.39 is 0 Å². The highest BCUT2D eigenvalue weighted by molar-refractivity contribution is 7.12. The van der Waals surface area contributed by atoms with E-state index in [-0.39, 0.29) is 12.4 Å². The molecule has 98 valence electrons. The Morgan fingerprint density at radius 2 is 1.94 bits per heavy atom. The van der Waals surface area contributed by atoms with Gasteiger partial charge in [-0.3, -0.25) is 0 Å². The Bertz CT molecular complexity index is 494. The van der Waals surface area contributed by atoms with Crippen molar-refractivity contribution >= 4 is 35.3 Å². The molecule has 1 aromatic heterocycles. The van der Waals surface area contributed by atoms with E-state index in [1.807, 2.05) is 31.3 Å². The quantitative estimate of drug-likeness (QED) is 0.925. The molecule has 0 saturated carbocycles. The van der Waals surface area contributed by atoms with Gasteiger partial charge in [0, 0.05) is 28.4 Å². The summed E-state index contributed by atoms with van der Waals surface area (Å²) in [5.74, 6) is 0. The Morgan fingerprint density at radius 3 is 2.56 bits per heavy atom. The van der Waals surface area contributed by atoms with Gasteiger partial charge in [0.25, 0.3) is 0 Å². The van der Waals surface area contributed by atoms with Gasteiger partial charge in [-0.15, -0.1) is 23.7 Å². The van der Waals surface area contributed by atoms with Crippen molar-refractivity contribution in [3.8, 4) is 11.3 Å². The van der Waals surface area contributed by atoms with E-state index in [9.17, 15) is 0 Å². The second kappa shape index (κ2) is 7.10. The lowest BCUT2D eigenvalue weighted by molar-refractivity contribution is 0.788. The summed E-state index contributed by atoms with van der Waals surface area (Å²) in [5.41, 5.74) is 2.22. The highest BCUT2D eigenvalue weighted by Crippen LogP contribution is 2.28. The first-order chi connectivity index (χ1) is 8.20. The average molecular weight is 303 g/mol. The van der Waals surface area contributed by atoms with Crippen LogP contribution in [0.1, 0.15) is 9.88 Å². The number of aryl methyl sites for hydroxylation is 1. The molecule has 0 amide bonds. The maximum absolute atomic E-state index is 5.89. The molecule has 1 aromatic carbocycles. The predicted octanol–water partition coefficient (Wildman–Crippen LogP) is 3.96. The fourth-order valence-corrected chi connectivity index (χ4v) is 2.75. The Morgan fingerprint density at radius 1 is 1.28 bits per heavy atom. The minimum Gasteiger partial charge on any atom is -0.319 e. The summed E-state index contributed by atoms with van der Waals surface area (Å²) in [7, 11) is 1.96. The summed E-state index contributed by atoms with van der Waals surface area (Å²) in [6.07, 6.45) is 0.982. The third-order valence-electron chi connectivity index (χ3n) is 2.55. The van der Waals surface area contributed by atoms with E-state index >= 15 is 0 Å². The summed E-state index contributed by atoms with van der Waals surface area (Å²) in [6, 6.07) is 7.85. The Labute approximate surface area is 123 Å². The van der Waals surface area contributed by atoms with Crippen LogP contribution < -0.4 is 5.32 Å². The maximum Gasteiger partial charge on any atom is 0.0948 e. The van der Waals surface area contributed by atoms with Gasteiger partial charge in [0.05, 0.1) is 10.7 Å². The lowest BCUT2D eigenvalue weighted by atomic mass is 10.1. The molecule has 0 radical (unpaired) electrons. The van der Waals surface area contributed by atoms with Crippen LogP contribution in [0.3, 0.4) is 0 Å². The molecule has 0 aliphatic carbocycles. The maximum atomic E-state index is 5.89. The largest absolute Gasteiger partial charge is 0.319 e. The van der Waals surface area contributed by atoms with E-state index in [2.05, 4.69) is 17.2 Å². The highest BCUT2D eigenvalue weighted by atomic mass is 35.5. The van der Waals surface area contributed by atoms with Gasteiger partial charge < -0.3 is 5.32 Å². The summed E-state index contributed by atoms with van der Waals surface area (Å²) < 4.78 is 0. The van der Waals surface area contributed by atoms with Crippen molar-refractivity contribution in [2.75, 3.05) is 13.6 Å². The molecule has 5 heteroatoms. The normalized spacial score (nSPS) is 10.2. The fourth-order valence-electron chi connectivity index (χ4n) is 1.67. The zero-order chi connectivity index (χ0) is 12.3. The fraction of sp³-hybridized carbons (Fsp3) is 0.308. The van der Waals surface area contributed by atoms with Gasteiger partial charge in [-0.05, 0) is 26.1 Å². The molecule has 0 spiro atoms. The van der Waals surface area contributed by atoms with Crippen LogP contribution in [-0.4, -0.2) is 18.6 Å². The van der Waals surface area contributed by atoms with Gasteiger partial charge in [-0.25, -0.2) is 4.98 Å². The van der Waals surface area contributed by atoms with Gasteiger partial charge in [0.2, 0.25) is 0 Å². The van der Waals surface area contributed by atoms with Crippen LogP contribution in [0.15, 0.2) is 24.3 Å². The second-order valence-electron chi connectivity index (χ2n) is 3.87. The van der Waals surface area contributed by atoms with E-state index in [0.717, 1.165) is 29.2 Å². The number of nitrogens with one attached hydrogen (secondary N) is 1. The number of rotatable bonds is 4. The van der Waals surface area contributed by atoms with Crippen LogP contribution >= 0.6 is 35.3 Å². The zero-order valence-electron chi connectivity index (χ0n) is 10.4. The number of nitrogens with zero attached hydrogens (tertiary/aromatic N) is 1. The smallest absolute Gasteiger partial charge is 0.0948 e. The minimum absolute atomic E-state index is 0. The molecular weight excluding hydrogens is 287 g/mol. The monoisotopic (exact) mass is 302 g/mol. The number of hydrogen-bond donors (Lipinski definition) is 1. The topological polar surface area (TPSA) is 24.9 Å². The number of aromatic nitrogens is 1. The molecule has 2 aromatic rings. The van der Waals surface area contributed by atoms with Crippen molar-refractivity contribution in [1.29, 1.82) is 0 Å². The molecule has 0 bridgehead atoms. The number of likely N-dealkylation sites (N-methyl/N-ethyl adjacent to an activating group) is 1. The van der Waals surface area contributed by atoms with Crippen molar-refractivity contribution < 1.29 is 0 Å². The van der Waals surface area contributed by atoms with Crippen molar-refractivity contribution in [2.45, 2.75) is 13.3 Å². The molecule has 0 atom stereocenters. The third kappa shape index (κ3) is 3.69. The molecule has 0 aliphatic rings. The molecule has 0 saturated heterocycles. The van der Waals surface area contributed by atoms with Crippen LogP contribution in [0.25, 0.3) is 11.3 Å². The molecule has 1 heterocycles. The van der Waals surface area contributed by atoms with E-state index in [4.69, 9.17) is 11.6 Å². The molecule has 0 aliphatic heterocycles. The van der Waals surface area contributed by atoms with E-state index in [0.29, 0.717) is 0 Å². The first-order valence-corrected chi connectivity index (χ1v) is 6.77. The SMILES string of the molecule is CNCCc1nc(-c2ccc(Cl)cc2)c(C)s1.Cl. The summed E-state index contributed by atoms with van der Waals surface area (Å²) in [4.78, 5) is 5.95. The summed E-state index contributed by atoms with van der Waals surface area (Å²) >= 11 is 7.66. The van der Waals surface area contributed by atoms with Crippen LogP contribution in [0, 0.1) is 6.92 Å². The molecule has 1 N–H and O–H groups in total. The van der Waals surface area contributed by atoms with Gasteiger partial charge in [-0.2, -0.15) is 0 Å². The molecule has 18 heavy (non-hydrogen) atoms. The first kappa shape index (κ1) is 15.4. The average Bonchev–Trinajstić information content (AvgIpc) is 2.69. The highest BCUT2D eigenvalue weighted by Gasteiger charge is 2.09. The number of thiazole rings is 1. The van der Waals surface area contributed by atoms with Gasteiger partial charge in [-0.1, -0.05) is 23.7 Å². The minimum atomic E-state index is 0. The standard InChI is InChI=1S/C13H15ClN2S.ClH/c1-9-13(10-3-5-11(14)6-4-10)16-12(17-9)7-8-15-2;/h3-6,15H,7-8H2,1-2H3;1H. The second-order valence-corrected chi connectivity index (χ2v) is 5.60. The lowest BCUT2D eigenvalue weighted by Crippen LogP contribution is -2.09. The Hall–Kier alpha value is -0.610. The first-order valence-electron chi connectivity index (χ1n) is 5.57. The van der Waals surface area contributed by atoms with Crippen molar-refractivity contribution in [3.05, 3.63) is 39.2 Å². The number of hydrogen-bond acceptors (Lipinski definition) is 3. The molecule has 0 unspecified atom stereocenters. The van der Waals surface area contributed by atoms with Crippen LogP contribution in [0.2, 0.25) is 5.02 Å². The number of halogens is 2. The third-order valence-corrected chi connectivity index (χ3v) is 3.83. The Kier molecular flexibility index (Phi) is 6.09. The van der Waals surface area contributed by atoms with E-state index in [1.54, 1.807) is 11.3 Å². The molecular formula is C13H16Cl2N2S. The van der Waals surface area contributed by atoms with Crippen LogP contribution in [0.5, 0.6) is 0 Å². The van der Waals surface area contributed by atoms with Crippen molar-refractivity contribution in [3.63, 3.8) is 0 Å². The van der Waals surface area contributed by atoms with Crippen molar-refractivity contribution in [1.82, 2.24) is 10.3 Å². The lowest BCUT2D eigenvalue weighted by Gasteiger charge is -1.98. The van der Waals surface area contributed by atoms with Crippen LogP contribution in [0.4, 0.5) is 0 Å². The summed E-state index contributed by atoms with van der Waals surface area (Å²) in [6.45, 7) is 3.08. The number of benzene rings is 1. The Balaban J connectivity index is 0.00000162. The zero-order valence-corrected chi connectivity index (χ0v) is 12.8. The molecule has 2 rings (SSSR count). The van der Waals surface area contributed by atoms with Gasteiger partial charge in [0.1, 0.15) is 0 Å². The predicted molar refractivity (Wildman–Crippen MR) is 82.2 cm³/mol. The van der Waals surface area contributed by atoms with Gasteiger partial charge >= 0.3 is 0 Å². The van der Waals surface area contributed by atoms with Gasteiger partial charge in [0.15, 0.2) is 0 Å².